The van der Waals surface area contributed by atoms with Crippen molar-refractivity contribution < 1.29 is 0 Å². The molecule has 0 radical (unpaired) electrons. The highest BCUT2D eigenvalue weighted by molar-refractivity contribution is 6.06. The standard InChI is InChI=1S/C55H41N/c1-55(2)51-30-15-13-28-48(51)50-37-41-22-9-10-26-46(41)53(54(50)55)42-23-17-24-44(36-42)56(43-34-32-39(33-35-43)38-18-5-3-6-19-38)52-31-16-14-29-49(52)47-27-12-11-25-45(47)40-20-7-4-8-21-40/h3-37H,1-2H3. The number of hydrogen-bond donors (Lipinski definition) is 0. The van der Waals surface area contributed by atoms with Crippen LogP contribution in [0, 0.1) is 0 Å². The van der Waals surface area contributed by atoms with Crippen molar-refractivity contribution >= 4 is 27.8 Å². The van der Waals surface area contributed by atoms with Gasteiger partial charge in [-0.25, -0.2) is 0 Å². The molecule has 1 aliphatic carbocycles. The Hall–Kier alpha value is -6.96. The molecular weight excluding hydrogens is 675 g/mol. The largest absolute Gasteiger partial charge is 0.310 e. The molecule has 9 aromatic rings. The smallest absolute Gasteiger partial charge is 0.0540 e. The minimum absolute atomic E-state index is 0.165. The molecular formula is C55H41N. The predicted molar refractivity (Wildman–Crippen MR) is 238 cm³/mol. The Kier molecular flexibility index (Phi) is 8.23. The second kappa shape index (κ2) is 13.7. The average molecular weight is 716 g/mol. The Morgan fingerprint density at radius 2 is 0.929 bits per heavy atom. The van der Waals surface area contributed by atoms with Crippen LogP contribution in [-0.2, 0) is 5.41 Å². The topological polar surface area (TPSA) is 3.24 Å². The van der Waals surface area contributed by atoms with Crippen molar-refractivity contribution in [1.82, 2.24) is 0 Å². The van der Waals surface area contributed by atoms with E-state index in [1.165, 1.54) is 77.5 Å². The lowest BCUT2D eigenvalue weighted by Gasteiger charge is -2.30. The molecule has 10 rings (SSSR count). The van der Waals surface area contributed by atoms with Crippen LogP contribution >= 0.6 is 0 Å². The fourth-order valence-electron chi connectivity index (χ4n) is 9.05. The second-order valence-electron chi connectivity index (χ2n) is 15.3. The van der Waals surface area contributed by atoms with Gasteiger partial charge in [-0.2, -0.15) is 0 Å². The molecule has 1 nitrogen and oxygen atoms in total. The maximum atomic E-state index is 2.45. The first-order valence-electron chi connectivity index (χ1n) is 19.5. The first-order chi connectivity index (χ1) is 27.6. The molecule has 0 atom stereocenters. The van der Waals surface area contributed by atoms with Gasteiger partial charge in [0.2, 0.25) is 0 Å². The summed E-state index contributed by atoms with van der Waals surface area (Å²) in [6.07, 6.45) is 0. The molecule has 0 aliphatic heterocycles. The van der Waals surface area contributed by atoms with Gasteiger partial charge in [0.25, 0.3) is 0 Å². The van der Waals surface area contributed by atoms with Gasteiger partial charge in [0.05, 0.1) is 5.69 Å². The number of anilines is 3. The molecule has 1 aliphatic rings. The molecule has 9 aromatic carbocycles. The van der Waals surface area contributed by atoms with Gasteiger partial charge < -0.3 is 4.90 Å². The summed E-state index contributed by atoms with van der Waals surface area (Å²) in [5.41, 5.74) is 18.3. The molecule has 0 saturated heterocycles. The van der Waals surface area contributed by atoms with Gasteiger partial charge in [-0.05, 0) is 108 Å². The number of hydrogen-bond acceptors (Lipinski definition) is 1. The number of nitrogens with zero attached hydrogens (tertiary/aromatic N) is 1. The van der Waals surface area contributed by atoms with Crippen LogP contribution in [0.25, 0.3) is 66.4 Å². The summed E-state index contributed by atoms with van der Waals surface area (Å²) in [5.74, 6) is 0. The fourth-order valence-corrected chi connectivity index (χ4v) is 9.05. The Labute approximate surface area is 329 Å². The summed E-state index contributed by atoms with van der Waals surface area (Å²) in [4.78, 5) is 2.45. The van der Waals surface area contributed by atoms with Crippen molar-refractivity contribution in [1.29, 1.82) is 0 Å². The number of fused-ring (bicyclic) bond motifs is 4. The monoisotopic (exact) mass is 715 g/mol. The maximum absolute atomic E-state index is 2.45. The minimum Gasteiger partial charge on any atom is -0.310 e. The molecule has 1 heteroatoms. The van der Waals surface area contributed by atoms with Gasteiger partial charge >= 0.3 is 0 Å². The SMILES string of the molecule is CC1(C)c2ccccc2-c2cc3ccccc3c(-c3cccc(N(c4ccc(-c5ccccc5)cc4)c4ccccc4-c4ccccc4-c4ccccc4)c3)c21. The van der Waals surface area contributed by atoms with Crippen molar-refractivity contribution in [2.45, 2.75) is 19.3 Å². The highest BCUT2D eigenvalue weighted by Crippen LogP contribution is 2.55. The second-order valence-corrected chi connectivity index (χ2v) is 15.3. The quantitative estimate of drug-likeness (QED) is 0.159. The third-order valence-electron chi connectivity index (χ3n) is 11.6. The fraction of sp³-hybridized carbons (Fsp3) is 0.0545. The van der Waals surface area contributed by atoms with Gasteiger partial charge in [-0.3, -0.25) is 0 Å². The Bertz CT molecular complexity index is 2870. The maximum Gasteiger partial charge on any atom is 0.0540 e. The first-order valence-corrected chi connectivity index (χ1v) is 19.5. The molecule has 56 heavy (non-hydrogen) atoms. The Morgan fingerprint density at radius 1 is 0.357 bits per heavy atom. The number of para-hydroxylation sites is 1. The van der Waals surface area contributed by atoms with Gasteiger partial charge in [0.1, 0.15) is 0 Å². The highest BCUT2D eigenvalue weighted by atomic mass is 15.1. The number of benzene rings is 9. The van der Waals surface area contributed by atoms with Gasteiger partial charge in [-0.1, -0.05) is 190 Å². The van der Waals surface area contributed by atoms with E-state index >= 15 is 0 Å². The van der Waals surface area contributed by atoms with E-state index in [-0.39, 0.29) is 5.41 Å². The zero-order valence-corrected chi connectivity index (χ0v) is 31.7. The molecule has 0 N–H and O–H groups in total. The van der Waals surface area contributed by atoms with E-state index in [1.54, 1.807) is 0 Å². The summed E-state index contributed by atoms with van der Waals surface area (Å²) in [6, 6.07) is 77.5. The van der Waals surface area contributed by atoms with Crippen LogP contribution in [-0.4, -0.2) is 0 Å². The van der Waals surface area contributed by atoms with E-state index < -0.39 is 0 Å². The van der Waals surface area contributed by atoms with Gasteiger partial charge in [-0.15, -0.1) is 0 Å². The molecule has 0 amide bonds. The van der Waals surface area contributed by atoms with Gasteiger partial charge in [0, 0.05) is 22.4 Å². The van der Waals surface area contributed by atoms with Crippen LogP contribution in [0.3, 0.4) is 0 Å². The lowest BCUT2D eigenvalue weighted by atomic mass is 9.77. The van der Waals surface area contributed by atoms with Crippen LogP contribution in [0.15, 0.2) is 212 Å². The molecule has 0 bridgehead atoms. The van der Waals surface area contributed by atoms with Crippen LogP contribution in [0.2, 0.25) is 0 Å². The third-order valence-corrected chi connectivity index (χ3v) is 11.6. The number of rotatable bonds is 7. The summed E-state index contributed by atoms with van der Waals surface area (Å²) < 4.78 is 0. The van der Waals surface area contributed by atoms with Crippen LogP contribution in [0.1, 0.15) is 25.0 Å². The van der Waals surface area contributed by atoms with Crippen LogP contribution in [0.5, 0.6) is 0 Å². The molecule has 0 fully saturated rings. The Morgan fingerprint density at radius 3 is 1.70 bits per heavy atom. The normalized spacial score (nSPS) is 12.6. The molecule has 266 valence electrons. The van der Waals surface area contributed by atoms with E-state index in [4.69, 9.17) is 0 Å². The van der Waals surface area contributed by atoms with Crippen LogP contribution in [0.4, 0.5) is 17.1 Å². The van der Waals surface area contributed by atoms with Crippen molar-refractivity contribution in [3.63, 3.8) is 0 Å². The van der Waals surface area contributed by atoms with E-state index in [0.29, 0.717) is 0 Å². The van der Waals surface area contributed by atoms with Crippen LogP contribution < -0.4 is 4.90 Å². The molecule has 0 spiro atoms. The Balaban J connectivity index is 1.20. The summed E-state index contributed by atoms with van der Waals surface area (Å²) in [5, 5.41) is 2.54. The lowest BCUT2D eigenvalue weighted by Crippen LogP contribution is -2.16. The zero-order chi connectivity index (χ0) is 37.6. The van der Waals surface area contributed by atoms with E-state index in [2.05, 4.69) is 231 Å². The predicted octanol–water partition coefficient (Wildman–Crippen LogP) is 15.3. The van der Waals surface area contributed by atoms with Crippen molar-refractivity contribution in [2.75, 3.05) is 4.90 Å². The average Bonchev–Trinajstić information content (AvgIpc) is 3.49. The zero-order valence-electron chi connectivity index (χ0n) is 31.7. The minimum atomic E-state index is -0.165. The molecule has 0 unspecified atom stereocenters. The molecule has 0 aromatic heterocycles. The summed E-state index contributed by atoms with van der Waals surface area (Å²) in [7, 11) is 0. The molecule has 0 saturated carbocycles. The molecule has 0 heterocycles. The van der Waals surface area contributed by atoms with E-state index in [9.17, 15) is 0 Å². The van der Waals surface area contributed by atoms with Crippen molar-refractivity contribution in [2.24, 2.45) is 0 Å². The first kappa shape index (κ1) is 33.6. The van der Waals surface area contributed by atoms with E-state index in [0.717, 1.165) is 17.1 Å². The van der Waals surface area contributed by atoms with Crippen molar-refractivity contribution in [3.8, 4) is 55.6 Å². The lowest BCUT2D eigenvalue weighted by molar-refractivity contribution is 0.663. The van der Waals surface area contributed by atoms with Crippen molar-refractivity contribution in [3.05, 3.63) is 223 Å². The summed E-state index contributed by atoms with van der Waals surface area (Å²) >= 11 is 0. The van der Waals surface area contributed by atoms with Gasteiger partial charge in [0.15, 0.2) is 0 Å². The highest BCUT2D eigenvalue weighted by Gasteiger charge is 2.38. The summed E-state index contributed by atoms with van der Waals surface area (Å²) in [6.45, 7) is 4.78. The van der Waals surface area contributed by atoms with E-state index in [1.807, 2.05) is 0 Å². The third kappa shape index (κ3) is 5.63.